The third kappa shape index (κ3) is 2.38. The first-order valence-corrected chi connectivity index (χ1v) is 7.04. The third-order valence-corrected chi connectivity index (χ3v) is 3.81. The molecule has 3 rings (SSSR count). The maximum absolute atomic E-state index is 6.07. The number of aromatic nitrogens is 6. The molecular weight excluding hydrogens is 308 g/mol. The molecule has 0 aliphatic rings. The molecule has 3 heterocycles. The van der Waals surface area contributed by atoms with Gasteiger partial charge in [0.15, 0.2) is 10.6 Å². The van der Waals surface area contributed by atoms with Crippen LogP contribution in [0.3, 0.4) is 0 Å². The van der Waals surface area contributed by atoms with Crippen LogP contribution >= 0.6 is 23.8 Å². The molecule has 1 N–H and O–H groups in total. The van der Waals surface area contributed by atoms with Crippen LogP contribution in [0.25, 0.3) is 22.6 Å². The number of hydrogen-bond donors (Lipinski definition) is 1. The first kappa shape index (κ1) is 14.0. The van der Waals surface area contributed by atoms with Crippen LogP contribution in [0.2, 0.25) is 5.15 Å². The Morgan fingerprint density at radius 3 is 2.67 bits per heavy atom. The van der Waals surface area contributed by atoms with Crippen LogP contribution in [0.1, 0.15) is 5.69 Å². The van der Waals surface area contributed by atoms with E-state index in [1.165, 1.54) is 0 Å². The maximum Gasteiger partial charge on any atom is 0.195 e. The van der Waals surface area contributed by atoms with Gasteiger partial charge in [0.2, 0.25) is 0 Å². The largest absolute Gasteiger partial charge is 0.303 e. The molecule has 0 aliphatic carbocycles. The first-order chi connectivity index (χ1) is 9.97. The lowest BCUT2D eigenvalue weighted by Gasteiger charge is -2.07. The molecule has 0 fully saturated rings. The number of pyridine rings is 1. The number of aromatic amines is 1. The summed E-state index contributed by atoms with van der Waals surface area (Å²) in [5.74, 6) is 0.730. The fraction of sp³-hybridized carbons (Fsp3) is 0.231. The van der Waals surface area contributed by atoms with E-state index in [4.69, 9.17) is 23.8 Å². The quantitative estimate of drug-likeness (QED) is 0.582. The van der Waals surface area contributed by atoms with E-state index < -0.39 is 0 Å². The predicted octanol–water partition coefficient (Wildman–Crippen LogP) is 2.90. The number of H-pyrrole nitrogens is 1. The lowest BCUT2D eigenvalue weighted by Crippen LogP contribution is -1.98. The normalized spacial score (nSPS) is 11.0. The van der Waals surface area contributed by atoms with Gasteiger partial charge in [-0.1, -0.05) is 11.6 Å². The van der Waals surface area contributed by atoms with Crippen LogP contribution in [0.4, 0.5) is 0 Å². The minimum Gasteiger partial charge on any atom is -0.303 e. The van der Waals surface area contributed by atoms with Gasteiger partial charge in [0.1, 0.15) is 5.15 Å². The lowest BCUT2D eigenvalue weighted by atomic mass is 10.1. The fourth-order valence-electron chi connectivity index (χ4n) is 2.30. The molecule has 0 saturated heterocycles. The molecule has 0 unspecified atom stereocenters. The van der Waals surface area contributed by atoms with E-state index in [9.17, 15) is 0 Å². The molecule has 0 saturated carbocycles. The minimum absolute atomic E-state index is 0.451. The number of rotatable bonds is 2. The Labute approximate surface area is 131 Å². The summed E-state index contributed by atoms with van der Waals surface area (Å²) in [6.07, 6.45) is 1.77. The summed E-state index contributed by atoms with van der Waals surface area (Å²) in [6, 6.07) is 3.78. The standard InChI is InChI=1S/C13H13ClN6S/c1-7-4-8(5-10(14)16-7)11-9(6-15-20(11)3)12-17-18-13(21)19(12)2/h4-6H,1-3H3,(H,18,21). The number of nitrogens with one attached hydrogen (secondary N) is 1. The van der Waals surface area contributed by atoms with E-state index in [2.05, 4.69) is 20.3 Å². The second-order valence-electron chi connectivity index (χ2n) is 4.76. The summed E-state index contributed by atoms with van der Waals surface area (Å²) >= 11 is 11.2. The monoisotopic (exact) mass is 320 g/mol. The van der Waals surface area contributed by atoms with E-state index in [1.807, 2.05) is 37.7 Å². The van der Waals surface area contributed by atoms with Crippen molar-refractivity contribution in [1.29, 1.82) is 0 Å². The van der Waals surface area contributed by atoms with Crippen molar-refractivity contribution in [3.63, 3.8) is 0 Å². The van der Waals surface area contributed by atoms with Crippen LogP contribution < -0.4 is 0 Å². The van der Waals surface area contributed by atoms with Crippen LogP contribution in [0.5, 0.6) is 0 Å². The summed E-state index contributed by atoms with van der Waals surface area (Å²) in [5.41, 5.74) is 3.59. The van der Waals surface area contributed by atoms with Gasteiger partial charge in [0, 0.05) is 25.4 Å². The van der Waals surface area contributed by atoms with E-state index in [0.717, 1.165) is 28.3 Å². The lowest BCUT2D eigenvalue weighted by molar-refractivity contribution is 0.775. The summed E-state index contributed by atoms with van der Waals surface area (Å²) in [5, 5.41) is 11.8. The number of halogens is 1. The highest BCUT2D eigenvalue weighted by Gasteiger charge is 2.17. The predicted molar refractivity (Wildman–Crippen MR) is 83.6 cm³/mol. The fourth-order valence-corrected chi connectivity index (χ4v) is 2.68. The smallest absolute Gasteiger partial charge is 0.195 e. The molecule has 6 nitrogen and oxygen atoms in total. The van der Waals surface area contributed by atoms with Crippen LogP contribution in [0, 0.1) is 11.7 Å². The Hall–Kier alpha value is -1.99. The zero-order valence-corrected chi connectivity index (χ0v) is 13.3. The average Bonchev–Trinajstić information content (AvgIpc) is 2.93. The van der Waals surface area contributed by atoms with Crippen molar-refractivity contribution in [2.24, 2.45) is 14.1 Å². The van der Waals surface area contributed by atoms with Crippen LogP contribution in [-0.2, 0) is 14.1 Å². The molecule has 0 radical (unpaired) electrons. The van der Waals surface area contributed by atoms with Crippen molar-refractivity contribution in [2.75, 3.05) is 0 Å². The molecule has 0 aromatic carbocycles. The molecule has 3 aromatic heterocycles. The average molecular weight is 321 g/mol. The third-order valence-electron chi connectivity index (χ3n) is 3.26. The molecule has 21 heavy (non-hydrogen) atoms. The molecule has 0 bridgehead atoms. The van der Waals surface area contributed by atoms with Gasteiger partial charge in [-0.05, 0) is 31.3 Å². The van der Waals surface area contributed by atoms with Crippen molar-refractivity contribution in [3.8, 4) is 22.6 Å². The van der Waals surface area contributed by atoms with E-state index in [-0.39, 0.29) is 0 Å². The summed E-state index contributed by atoms with van der Waals surface area (Å²) in [7, 11) is 3.74. The van der Waals surface area contributed by atoms with Gasteiger partial charge in [-0.25, -0.2) is 4.98 Å². The van der Waals surface area contributed by atoms with E-state index in [1.54, 1.807) is 10.9 Å². The van der Waals surface area contributed by atoms with Gasteiger partial charge in [-0.3, -0.25) is 9.78 Å². The highest BCUT2D eigenvalue weighted by Crippen LogP contribution is 2.31. The SMILES string of the molecule is Cc1cc(-c2c(-c3n[nH]c(=S)n3C)cnn2C)cc(Cl)n1. The van der Waals surface area contributed by atoms with Crippen molar-refractivity contribution in [2.45, 2.75) is 6.92 Å². The zero-order chi connectivity index (χ0) is 15.1. The summed E-state index contributed by atoms with van der Waals surface area (Å²) < 4.78 is 4.16. The zero-order valence-electron chi connectivity index (χ0n) is 11.8. The Morgan fingerprint density at radius 2 is 2.05 bits per heavy atom. The molecule has 3 aromatic rings. The van der Waals surface area contributed by atoms with Gasteiger partial charge >= 0.3 is 0 Å². The Morgan fingerprint density at radius 1 is 1.29 bits per heavy atom. The van der Waals surface area contributed by atoms with Crippen molar-refractivity contribution < 1.29 is 0 Å². The summed E-state index contributed by atoms with van der Waals surface area (Å²) in [4.78, 5) is 4.19. The van der Waals surface area contributed by atoms with Crippen LogP contribution in [-0.4, -0.2) is 29.5 Å². The molecule has 108 valence electrons. The molecule has 8 heteroatoms. The highest BCUT2D eigenvalue weighted by molar-refractivity contribution is 7.71. The molecular formula is C13H13ClN6S. The Kier molecular flexibility index (Phi) is 3.38. The molecule has 0 atom stereocenters. The maximum atomic E-state index is 6.07. The number of hydrogen-bond acceptors (Lipinski definition) is 4. The topological polar surface area (TPSA) is 64.3 Å². The van der Waals surface area contributed by atoms with Gasteiger partial charge in [-0.15, -0.1) is 0 Å². The van der Waals surface area contributed by atoms with Gasteiger partial charge in [0.25, 0.3) is 0 Å². The van der Waals surface area contributed by atoms with Gasteiger partial charge in [0.05, 0.1) is 17.5 Å². The second kappa shape index (κ2) is 5.09. The second-order valence-corrected chi connectivity index (χ2v) is 5.54. The van der Waals surface area contributed by atoms with Crippen molar-refractivity contribution >= 4 is 23.8 Å². The van der Waals surface area contributed by atoms with Crippen LogP contribution in [0.15, 0.2) is 18.3 Å². The molecule has 0 aliphatic heterocycles. The molecule has 0 amide bonds. The van der Waals surface area contributed by atoms with Gasteiger partial charge in [-0.2, -0.15) is 10.2 Å². The van der Waals surface area contributed by atoms with E-state index in [0.29, 0.717) is 9.92 Å². The van der Waals surface area contributed by atoms with E-state index >= 15 is 0 Å². The van der Waals surface area contributed by atoms with Gasteiger partial charge < -0.3 is 4.57 Å². The van der Waals surface area contributed by atoms with Crippen molar-refractivity contribution in [1.82, 2.24) is 29.5 Å². The molecule has 0 spiro atoms. The Bertz CT molecular complexity index is 855. The number of nitrogens with zero attached hydrogens (tertiary/aromatic N) is 5. The summed E-state index contributed by atoms with van der Waals surface area (Å²) in [6.45, 7) is 1.90. The first-order valence-electron chi connectivity index (χ1n) is 6.25. The Balaban J connectivity index is 2.27. The minimum atomic E-state index is 0.451. The number of aryl methyl sites for hydroxylation is 2. The van der Waals surface area contributed by atoms with Crippen molar-refractivity contribution in [3.05, 3.63) is 33.9 Å². The highest BCUT2D eigenvalue weighted by atomic mass is 35.5.